The Bertz CT molecular complexity index is 539. The minimum absolute atomic E-state index is 0.143. The molecule has 4 nitrogen and oxygen atoms in total. The summed E-state index contributed by atoms with van der Waals surface area (Å²) in [6.07, 6.45) is 1.73. The number of rotatable bonds is 4. The molecule has 1 aromatic carbocycles. The van der Waals surface area contributed by atoms with Gasteiger partial charge in [0.1, 0.15) is 4.88 Å². The lowest BCUT2D eigenvalue weighted by Crippen LogP contribution is -2.12. The molecule has 0 aliphatic heterocycles. The number of benzene rings is 1. The van der Waals surface area contributed by atoms with E-state index in [9.17, 15) is 4.79 Å². The van der Waals surface area contributed by atoms with Crippen molar-refractivity contribution in [2.45, 2.75) is 19.8 Å². The number of carbonyl (C=O) groups excluding carboxylic acids is 1. The summed E-state index contributed by atoms with van der Waals surface area (Å²) in [5, 5.41) is 6.82. The summed E-state index contributed by atoms with van der Waals surface area (Å²) in [5.41, 5.74) is 1.54. The molecule has 1 aromatic heterocycles. The zero-order chi connectivity index (χ0) is 13.0. The Morgan fingerprint density at radius 2 is 2.11 bits per heavy atom. The minimum Gasteiger partial charge on any atom is -0.321 e. The Kier molecular flexibility index (Phi) is 4.43. The molecule has 0 saturated carbocycles. The van der Waals surface area contributed by atoms with Crippen molar-refractivity contribution in [2.75, 3.05) is 5.32 Å². The highest BCUT2D eigenvalue weighted by atomic mass is 79.9. The molecule has 2 aromatic rings. The number of nitrogens with one attached hydrogen (secondary N) is 1. The van der Waals surface area contributed by atoms with Crippen molar-refractivity contribution in [1.82, 2.24) is 9.59 Å². The Labute approximate surface area is 118 Å². The van der Waals surface area contributed by atoms with Crippen LogP contribution in [0.4, 0.5) is 5.69 Å². The summed E-state index contributed by atoms with van der Waals surface area (Å²) >= 11 is 4.49. The van der Waals surface area contributed by atoms with Crippen LogP contribution in [-0.4, -0.2) is 15.5 Å². The number of halogens is 1. The fourth-order valence-corrected chi connectivity index (χ4v) is 2.37. The molecule has 0 bridgehead atoms. The van der Waals surface area contributed by atoms with Crippen LogP contribution in [0.1, 0.15) is 28.7 Å². The van der Waals surface area contributed by atoms with Gasteiger partial charge in [0.25, 0.3) is 5.91 Å². The van der Waals surface area contributed by atoms with Crippen molar-refractivity contribution in [1.29, 1.82) is 0 Å². The molecule has 0 radical (unpaired) electrons. The van der Waals surface area contributed by atoms with Crippen molar-refractivity contribution in [2.24, 2.45) is 0 Å². The van der Waals surface area contributed by atoms with Gasteiger partial charge < -0.3 is 5.32 Å². The van der Waals surface area contributed by atoms with E-state index in [0.29, 0.717) is 4.88 Å². The standard InChI is InChI=1S/C12H12BrN3OS/c1-2-3-10-11(18-16-15-10)12(17)14-9-6-4-8(13)5-7-9/h4-7H,2-3H2,1H3,(H,14,17). The summed E-state index contributed by atoms with van der Waals surface area (Å²) in [6, 6.07) is 7.45. The molecule has 94 valence electrons. The van der Waals surface area contributed by atoms with Crippen LogP contribution in [0.5, 0.6) is 0 Å². The lowest BCUT2D eigenvalue weighted by atomic mass is 10.2. The maximum atomic E-state index is 12.1. The molecule has 6 heteroatoms. The van der Waals surface area contributed by atoms with Crippen molar-refractivity contribution in [3.05, 3.63) is 39.3 Å². The number of aromatic nitrogens is 2. The number of aryl methyl sites for hydroxylation is 1. The van der Waals surface area contributed by atoms with Crippen LogP contribution in [-0.2, 0) is 6.42 Å². The molecule has 0 spiro atoms. The van der Waals surface area contributed by atoms with E-state index in [1.54, 1.807) is 0 Å². The molecule has 1 amide bonds. The first-order valence-corrected chi connectivity index (χ1v) is 7.15. The predicted molar refractivity (Wildman–Crippen MR) is 76.0 cm³/mol. The SMILES string of the molecule is CCCc1nnsc1C(=O)Nc1ccc(Br)cc1. The second kappa shape index (κ2) is 6.06. The largest absolute Gasteiger partial charge is 0.321 e. The van der Waals surface area contributed by atoms with Crippen molar-refractivity contribution in [3.8, 4) is 0 Å². The summed E-state index contributed by atoms with van der Waals surface area (Å²) in [4.78, 5) is 12.7. The molecule has 1 heterocycles. The van der Waals surface area contributed by atoms with Gasteiger partial charge in [-0.25, -0.2) is 0 Å². The van der Waals surface area contributed by atoms with Crippen LogP contribution in [0.25, 0.3) is 0 Å². The van der Waals surface area contributed by atoms with E-state index in [0.717, 1.165) is 40.2 Å². The monoisotopic (exact) mass is 325 g/mol. The number of hydrogen-bond donors (Lipinski definition) is 1. The van der Waals surface area contributed by atoms with Gasteiger partial charge >= 0.3 is 0 Å². The third kappa shape index (κ3) is 3.14. The van der Waals surface area contributed by atoms with Gasteiger partial charge in [-0.1, -0.05) is 33.8 Å². The average molecular weight is 326 g/mol. The van der Waals surface area contributed by atoms with Gasteiger partial charge in [-0.3, -0.25) is 4.79 Å². The molecule has 0 aliphatic rings. The second-order valence-corrected chi connectivity index (χ2v) is 5.43. The van der Waals surface area contributed by atoms with E-state index in [1.165, 1.54) is 0 Å². The summed E-state index contributed by atoms with van der Waals surface area (Å²) in [7, 11) is 0. The van der Waals surface area contributed by atoms with Crippen molar-refractivity contribution < 1.29 is 4.79 Å². The molecule has 2 rings (SSSR count). The van der Waals surface area contributed by atoms with Gasteiger partial charge in [0.15, 0.2) is 0 Å². The number of amides is 1. The zero-order valence-corrected chi connectivity index (χ0v) is 12.2. The Hall–Kier alpha value is -1.27. The van der Waals surface area contributed by atoms with Gasteiger partial charge in [0, 0.05) is 10.2 Å². The van der Waals surface area contributed by atoms with Gasteiger partial charge in [-0.05, 0) is 42.2 Å². The zero-order valence-electron chi connectivity index (χ0n) is 9.81. The molecular weight excluding hydrogens is 314 g/mol. The van der Waals surface area contributed by atoms with Crippen LogP contribution in [0, 0.1) is 0 Å². The van der Waals surface area contributed by atoms with Crippen LogP contribution in [0.2, 0.25) is 0 Å². The summed E-state index contributed by atoms with van der Waals surface area (Å²) in [6.45, 7) is 2.05. The summed E-state index contributed by atoms with van der Waals surface area (Å²) in [5.74, 6) is -0.143. The topological polar surface area (TPSA) is 54.9 Å². The maximum absolute atomic E-state index is 12.1. The van der Waals surface area contributed by atoms with Gasteiger partial charge in [0.05, 0.1) is 5.69 Å². The van der Waals surface area contributed by atoms with E-state index >= 15 is 0 Å². The maximum Gasteiger partial charge on any atom is 0.269 e. The highest BCUT2D eigenvalue weighted by Crippen LogP contribution is 2.17. The molecule has 0 aliphatic carbocycles. The van der Waals surface area contributed by atoms with E-state index < -0.39 is 0 Å². The van der Waals surface area contributed by atoms with E-state index in [-0.39, 0.29) is 5.91 Å². The van der Waals surface area contributed by atoms with E-state index in [4.69, 9.17) is 0 Å². The molecule has 0 fully saturated rings. The van der Waals surface area contributed by atoms with Crippen molar-refractivity contribution in [3.63, 3.8) is 0 Å². The third-order valence-corrected chi connectivity index (χ3v) is 3.65. The molecule has 1 N–H and O–H groups in total. The van der Waals surface area contributed by atoms with Crippen LogP contribution in [0.15, 0.2) is 28.7 Å². The minimum atomic E-state index is -0.143. The van der Waals surface area contributed by atoms with Crippen molar-refractivity contribution >= 4 is 39.1 Å². The second-order valence-electron chi connectivity index (χ2n) is 3.76. The van der Waals surface area contributed by atoms with Gasteiger partial charge in [-0.15, -0.1) is 5.10 Å². The first kappa shape index (κ1) is 13.2. The number of anilines is 1. The first-order chi connectivity index (χ1) is 8.70. The lowest BCUT2D eigenvalue weighted by molar-refractivity contribution is 0.102. The van der Waals surface area contributed by atoms with Crippen LogP contribution >= 0.6 is 27.5 Å². The fourth-order valence-electron chi connectivity index (χ4n) is 1.50. The molecule has 0 unspecified atom stereocenters. The normalized spacial score (nSPS) is 10.3. The molecular formula is C12H12BrN3OS. The van der Waals surface area contributed by atoms with E-state index in [1.807, 2.05) is 24.3 Å². The average Bonchev–Trinajstić information content (AvgIpc) is 2.81. The quantitative estimate of drug-likeness (QED) is 0.935. The van der Waals surface area contributed by atoms with Gasteiger partial charge in [0.2, 0.25) is 0 Å². The Balaban J connectivity index is 2.11. The summed E-state index contributed by atoms with van der Waals surface area (Å²) < 4.78 is 4.82. The number of hydrogen-bond acceptors (Lipinski definition) is 4. The highest BCUT2D eigenvalue weighted by Gasteiger charge is 2.15. The van der Waals surface area contributed by atoms with Crippen LogP contribution < -0.4 is 5.32 Å². The first-order valence-electron chi connectivity index (χ1n) is 5.59. The van der Waals surface area contributed by atoms with Gasteiger partial charge in [-0.2, -0.15) is 0 Å². The number of nitrogens with zero attached hydrogens (tertiary/aromatic N) is 2. The third-order valence-electron chi connectivity index (χ3n) is 2.35. The molecule has 0 atom stereocenters. The Morgan fingerprint density at radius 3 is 2.78 bits per heavy atom. The van der Waals surface area contributed by atoms with E-state index in [2.05, 4.69) is 37.8 Å². The highest BCUT2D eigenvalue weighted by molar-refractivity contribution is 9.10. The molecule has 0 saturated heterocycles. The Morgan fingerprint density at radius 1 is 1.39 bits per heavy atom. The number of carbonyl (C=O) groups is 1. The predicted octanol–water partition coefficient (Wildman–Crippen LogP) is 3.51. The lowest BCUT2D eigenvalue weighted by Gasteiger charge is -2.04. The smallest absolute Gasteiger partial charge is 0.269 e. The molecule has 18 heavy (non-hydrogen) atoms. The van der Waals surface area contributed by atoms with Crippen LogP contribution in [0.3, 0.4) is 0 Å². The fraction of sp³-hybridized carbons (Fsp3) is 0.250.